The molecule has 0 atom stereocenters. The molecule has 0 saturated heterocycles. The summed E-state index contributed by atoms with van der Waals surface area (Å²) >= 11 is 1.30. The van der Waals surface area contributed by atoms with Gasteiger partial charge in [0.2, 0.25) is 4.96 Å². The third-order valence-electron chi connectivity index (χ3n) is 2.72. The topological polar surface area (TPSA) is 63.3 Å². The predicted molar refractivity (Wildman–Crippen MR) is 69.8 cm³/mol. The Bertz CT molecular complexity index is 749. The van der Waals surface area contributed by atoms with Crippen LogP contribution in [0.2, 0.25) is 0 Å². The van der Waals surface area contributed by atoms with Gasteiger partial charge in [-0.05, 0) is 12.1 Å². The van der Waals surface area contributed by atoms with Gasteiger partial charge in [-0.25, -0.2) is 4.39 Å². The zero-order valence-corrected chi connectivity index (χ0v) is 11.1. The summed E-state index contributed by atoms with van der Waals surface area (Å²) < 4.78 is 14.6. The van der Waals surface area contributed by atoms with Crippen LogP contribution in [0.1, 0.15) is 25.6 Å². The van der Waals surface area contributed by atoms with Crippen molar-refractivity contribution in [2.24, 2.45) is 0 Å². The lowest BCUT2D eigenvalue weighted by molar-refractivity contribution is 0.471. The van der Waals surface area contributed by atoms with Crippen molar-refractivity contribution < 1.29 is 9.50 Å². The normalized spacial score (nSPS) is 11.6. The van der Waals surface area contributed by atoms with Crippen molar-refractivity contribution in [3.8, 4) is 16.3 Å². The first-order valence-corrected chi connectivity index (χ1v) is 6.59. The number of aromatic hydroxyl groups is 1. The maximum Gasteiger partial charge on any atom is 0.234 e. The van der Waals surface area contributed by atoms with Gasteiger partial charge in [-0.3, -0.25) is 0 Å². The third-order valence-corrected chi connectivity index (χ3v) is 3.65. The van der Waals surface area contributed by atoms with Crippen LogP contribution in [-0.2, 0) is 0 Å². The molecule has 19 heavy (non-hydrogen) atoms. The number of hydrogen-bond acceptors (Lipinski definition) is 5. The molecule has 2 aromatic heterocycles. The number of benzene rings is 1. The maximum atomic E-state index is 13.0. The van der Waals surface area contributed by atoms with Crippen molar-refractivity contribution in [1.82, 2.24) is 19.8 Å². The zero-order valence-electron chi connectivity index (χ0n) is 10.3. The highest BCUT2D eigenvalue weighted by atomic mass is 32.1. The Labute approximate surface area is 112 Å². The molecule has 0 fully saturated rings. The summed E-state index contributed by atoms with van der Waals surface area (Å²) in [7, 11) is 0. The highest BCUT2D eigenvalue weighted by Gasteiger charge is 2.16. The van der Waals surface area contributed by atoms with Crippen LogP contribution in [0, 0.1) is 5.82 Å². The van der Waals surface area contributed by atoms with Crippen molar-refractivity contribution in [2.75, 3.05) is 0 Å². The largest absolute Gasteiger partial charge is 0.507 e. The van der Waals surface area contributed by atoms with Crippen molar-refractivity contribution in [2.45, 2.75) is 19.8 Å². The lowest BCUT2D eigenvalue weighted by Crippen LogP contribution is -1.97. The SMILES string of the molecule is CC(C)c1nnc2sc(-c3ccc(F)cc3O)nn12. The minimum atomic E-state index is -0.480. The summed E-state index contributed by atoms with van der Waals surface area (Å²) in [6, 6.07) is 3.87. The molecule has 3 aromatic rings. The molecular formula is C12H11FN4OS. The van der Waals surface area contributed by atoms with Gasteiger partial charge in [0.05, 0.1) is 5.56 Å². The fourth-order valence-electron chi connectivity index (χ4n) is 1.79. The van der Waals surface area contributed by atoms with Crippen LogP contribution in [0.15, 0.2) is 18.2 Å². The van der Waals surface area contributed by atoms with E-state index >= 15 is 0 Å². The van der Waals surface area contributed by atoms with Gasteiger partial charge in [0, 0.05) is 12.0 Å². The van der Waals surface area contributed by atoms with E-state index in [4.69, 9.17) is 0 Å². The molecule has 7 heteroatoms. The van der Waals surface area contributed by atoms with E-state index in [2.05, 4.69) is 15.3 Å². The van der Waals surface area contributed by atoms with E-state index in [9.17, 15) is 9.50 Å². The Morgan fingerprint density at radius 1 is 1.32 bits per heavy atom. The Kier molecular flexibility index (Phi) is 2.70. The summed E-state index contributed by atoms with van der Waals surface area (Å²) in [6.45, 7) is 4.01. The standard InChI is InChI=1S/C12H11FN4OS/c1-6(2)10-14-15-12-17(10)16-11(19-12)8-4-3-7(13)5-9(8)18/h3-6,18H,1-2H3. The number of hydrogen-bond donors (Lipinski definition) is 1. The molecule has 0 spiro atoms. The minimum Gasteiger partial charge on any atom is -0.507 e. The molecule has 0 aliphatic carbocycles. The average Bonchev–Trinajstić information content (AvgIpc) is 2.87. The van der Waals surface area contributed by atoms with E-state index in [1.54, 1.807) is 4.52 Å². The molecular weight excluding hydrogens is 267 g/mol. The van der Waals surface area contributed by atoms with Gasteiger partial charge in [-0.2, -0.15) is 9.61 Å². The van der Waals surface area contributed by atoms with Gasteiger partial charge in [-0.1, -0.05) is 25.2 Å². The number of halogens is 1. The van der Waals surface area contributed by atoms with Crippen LogP contribution >= 0.6 is 11.3 Å². The van der Waals surface area contributed by atoms with Crippen LogP contribution < -0.4 is 0 Å². The Hall–Kier alpha value is -2.02. The number of fused-ring (bicyclic) bond motifs is 1. The molecule has 3 rings (SSSR count). The first-order chi connectivity index (χ1) is 9.06. The summed E-state index contributed by atoms with van der Waals surface area (Å²) in [5, 5.41) is 22.8. The number of nitrogens with zero attached hydrogens (tertiary/aromatic N) is 4. The van der Waals surface area contributed by atoms with Gasteiger partial charge in [0.1, 0.15) is 11.6 Å². The van der Waals surface area contributed by atoms with E-state index in [-0.39, 0.29) is 11.7 Å². The fourth-order valence-corrected chi connectivity index (χ4v) is 2.67. The third kappa shape index (κ3) is 1.95. The predicted octanol–water partition coefficient (Wildman–Crippen LogP) is 2.82. The second kappa shape index (κ2) is 4.27. The average molecular weight is 278 g/mol. The van der Waals surface area contributed by atoms with Gasteiger partial charge < -0.3 is 5.11 Å². The smallest absolute Gasteiger partial charge is 0.234 e. The summed E-state index contributed by atoms with van der Waals surface area (Å²) in [5.74, 6) is 0.356. The van der Waals surface area contributed by atoms with Crippen LogP contribution in [-0.4, -0.2) is 24.9 Å². The van der Waals surface area contributed by atoms with Gasteiger partial charge >= 0.3 is 0 Å². The van der Waals surface area contributed by atoms with Gasteiger partial charge in [-0.15, -0.1) is 10.2 Å². The lowest BCUT2D eigenvalue weighted by atomic mass is 10.2. The molecule has 2 heterocycles. The van der Waals surface area contributed by atoms with Crippen molar-refractivity contribution in [1.29, 1.82) is 0 Å². The molecule has 5 nitrogen and oxygen atoms in total. The summed E-state index contributed by atoms with van der Waals surface area (Å²) in [6.07, 6.45) is 0. The molecule has 1 aromatic carbocycles. The fraction of sp³-hybridized carbons (Fsp3) is 0.250. The molecule has 1 N–H and O–H groups in total. The Balaban J connectivity index is 2.15. The first-order valence-electron chi connectivity index (χ1n) is 5.77. The second-order valence-electron chi connectivity index (χ2n) is 4.48. The molecule has 0 radical (unpaired) electrons. The van der Waals surface area contributed by atoms with Crippen molar-refractivity contribution in [3.63, 3.8) is 0 Å². The highest BCUT2D eigenvalue weighted by Crippen LogP contribution is 2.33. The second-order valence-corrected chi connectivity index (χ2v) is 5.43. The minimum absolute atomic E-state index is 0.129. The van der Waals surface area contributed by atoms with Crippen LogP contribution in [0.3, 0.4) is 0 Å². The lowest BCUT2D eigenvalue weighted by Gasteiger charge is -2.00. The number of rotatable bonds is 2. The van der Waals surface area contributed by atoms with Crippen molar-refractivity contribution in [3.05, 3.63) is 29.8 Å². The van der Waals surface area contributed by atoms with E-state index in [1.165, 1.54) is 23.5 Å². The van der Waals surface area contributed by atoms with E-state index in [0.717, 1.165) is 11.9 Å². The van der Waals surface area contributed by atoms with Gasteiger partial charge in [0.15, 0.2) is 10.8 Å². The quantitative estimate of drug-likeness (QED) is 0.783. The van der Waals surface area contributed by atoms with Crippen LogP contribution in [0.5, 0.6) is 5.75 Å². The Morgan fingerprint density at radius 2 is 2.11 bits per heavy atom. The monoisotopic (exact) mass is 278 g/mol. The summed E-state index contributed by atoms with van der Waals surface area (Å²) in [4.78, 5) is 0.655. The zero-order chi connectivity index (χ0) is 13.6. The van der Waals surface area contributed by atoms with E-state index < -0.39 is 5.82 Å². The summed E-state index contributed by atoms with van der Waals surface area (Å²) in [5.41, 5.74) is 0.492. The molecule has 0 bridgehead atoms. The molecule has 0 amide bonds. The number of phenols is 1. The van der Waals surface area contributed by atoms with Crippen LogP contribution in [0.4, 0.5) is 4.39 Å². The molecule has 0 aliphatic heterocycles. The van der Waals surface area contributed by atoms with E-state index in [0.29, 0.717) is 15.5 Å². The maximum absolute atomic E-state index is 13.0. The molecule has 0 unspecified atom stereocenters. The van der Waals surface area contributed by atoms with Crippen LogP contribution in [0.25, 0.3) is 15.5 Å². The number of aromatic nitrogens is 4. The van der Waals surface area contributed by atoms with Crippen molar-refractivity contribution >= 4 is 16.3 Å². The number of phenolic OH excluding ortho intramolecular Hbond substituents is 1. The molecule has 98 valence electrons. The van der Waals surface area contributed by atoms with E-state index in [1.807, 2.05) is 13.8 Å². The first kappa shape index (κ1) is 12.0. The molecule has 0 saturated carbocycles. The van der Waals surface area contributed by atoms with Gasteiger partial charge in [0.25, 0.3) is 0 Å². The Morgan fingerprint density at radius 3 is 2.79 bits per heavy atom. The highest BCUT2D eigenvalue weighted by molar-refractivity contribution is 7.19. The molecule has 0 aliphatic rings.